The number of anilines is 1. The minimum atomic E-state index is -3.49. The first-order chi connectivity index (χ1) is 14.2. The summed E-state index contributed by atoms with van der Waals surface area (Å²) in [4.78, 5) is 12.4. The molecule has 7 heteroatoms. The molecule has 0 aromatic heterocycles. The number of sulfonamides is 1. The number of carbonyl (C=O) groups excluding carboxylic acids is 1. The molecule has 0 aliphatic carbocycles. The molecule has 3 aromatic rings. The highest BCUT2D eigenvalue weighted by atomic mass is 35.5. The molecule has 3 rings (SSSR count). The maximum absolute atomic E-state index is 12.4. The van der Waals surface area contributed by atoms with Crippen LogP contribution in [0.25, 0.3) is 0 Å². The maximum atomic E-state index is 12.4. The van der Waals surface area contributed by atoms with Gasteiger partial charge in [-0.25, -0.2) is 8.42 Å². The minimum Gasteiger partial charge on any atom is -0.348 e. The van der Waals surface area contributed by atoms with Crippen LogP contribution in [0.15, 0.2) is 72.8 Å². The second-order valence-electron chi connectivity index (χ2n) is 7.05. The third kappa shape index (κ3) is 5.62. The Morgan fingerprint density at radius 1 is 0.967 bits per heavy atom. The zero-order valence-electron chi connectivity index (χ0n) is 16.8. The molecule has 0 aliphatic rings. The molecule has 0 aliphatic heterocycles. The number of carbonyl (C=O) groups is 1. The average molecular weight is 443 g/mol. The number of hydrogen-bond donors (Lipinski definition) is 1. The van der Waals surface area contributed by atoms with Gasteiger partial charge in [0.2, 0.25) is 10.0 Å². The van der Waals surface area contributed by atoms with E-state index in [0.717, 1.165) is 16.7 Å². The standard InChI is InChI=1S/C23H23ClN2O3S/c1-17-5-3-4-6-20(17)16-26(30(2,28)29)22-13-9-19(10-14-22)23(27)25-15-18-7-11-21(24)12-8-18/h3-14H,15-16H2,1-2H3,(H,25,27). The van der Waals surface area contributed by atoms with Gasteiger partial charge in [0.15, 0.2) is 0 Å². The smallest absolute Gasteiger partial charge is 0.251 e. The number of halogens is 1. The van der Waals surface area contributed by atoms with Crippen molar-refractivity contribution in [2.75, 3.05) is 10.6 Å². The normalized spacial score (nSPS) is 11.2. The van der Waals surface area contributed by atoms with Crippen molar-refractivity contribution in [1.82, 2.24) is 5.32 Å². The highest BCUT2D eigenvalue weighted by Crippen LogP contribution is 2.22. The molecule has 156 valence electrons. The van der Waals surface area contributed by atoms with E-state index in [2.05, 4.69) is 5.32 Å². The van der Waals surface area contributed by atoms with Gasteiger partial charge in [-0.15, -0.1) is 0 Å². The Morgan fingerprint density at radius 2 is 1.60 bits per heavy atom. The van der Waals surface area contributed by atoms with Crippen molar-refractivity contribution in [2.45, 2.75) is 20.0 Å². The first kappa shape index (κ1) is 21.9. The molecule has 0 spiro atoms. The van der Waals surface area contributed by atoms with Gasteiger partial charge in [-0.2, -0.15) is 0 Å². The van der Waals surface area contributed by atoms with Crippen molar-refractivity contribution in [1.29, 1.82) is 0 Å². The Hall–Kier alpha value is -2.83. The summed E-state index contributed by atoms with van der Waals surface area (Å²) in [5, 5.41) is 3.49. The first-order valence-corrected chi connectivity index (χ1v) is 11.6. The highest BCUT2D eigenvalue weighted by Gasteiger charge is 2.19. The molecule has 0 radical (unpaired) electrons. The fourth-order valence-corrected chi connectivity index (χ4v) is 4.01. The van der Waals surface area contributed by atoms with Crippen LogP contribution in [-0.4, -0.2) is 20.6 Å². The Labute approximate surface area is 182 Å². The molecule has 5 nitrogen and oxygen atoms in total. The van der Waals surface area contributed by atoms with Gasteiger partial charge in [0, 0.05) is 17.1 Å². The molecule has 0 saturated carbocycles. The lowest BCUT2D eigenvalue weighted by atomic mass is 10.1. The van der Waals surface area contributed by atoms with Crippen molar-refractivity contribution in [3.05, 3.63) is 100 Å². The van der Waals surface area contributed by atoms with Gasteiger partial charge in [0.25, 0.3) is 5.91 Å². The number of nitrogens with zero attached hydrogens (tertiary/aromatic N) is 1. The van der Waals surface area contributed by atoms with Gasteiger partial charge in [0.1, 0.15) is 0 Å². The second-order valence-corrected chi connectivity index (χ2v) is 9.40. The van der Waals surface area contributed by atoms with E-state index in [4.69, 9.17) is 11.6 Å². The monoisotopic (exact) mass is 442 g/mol. The fourth-order valence-electron chi connectivity index (χ4n) is 3.01. The van der Waals surface area contributed by atoms with E-state index in [1.807, 2.05) is 43.3 Å². The molecule has 0 saturated heterocycles. The molecular formula is C23H23ClN2O3S. The quantitative estimate of drug-likeness (QED) is 0.584. The topological polar surface area (TPSA) is 66.5 Å². The van der Waals surface area contributed by atoms with Gasteiger partial charge in [-0.05, 0) is 60.0 Å². The van der Waals surface area contributed by atoms with Crippen LogP contribution in [0.1, 0.15) is 27.0 Å². The zero-order chi connectivity index (χ0) is 21.7. The van der Waals surface area contributed by atoms with Crippen LogP contribution in [0.5, 0.6) is 0 Å². The van der Waals surface area contributed by atoms with Crippen LogP contribution in [0.4, 0.5) is 5.69 Å². The Balaban J connectivity index is 1.73. The zero-order valence-corrected chi connectivity index (χ0v) is 18.4. The van der Waals surface area contributed by atoms with E-state index in [1.165, 1.54) is 10.6 Å². The summed E-state index contributed by atoms with van der Waals surface area (Å²) in [6, 6.07) is 21.5. The molecular weight excluding hydrogens is 420 g/mol. The number of aryl methyl sites for hydroxylation is 1. The Kier molecular flexibility index (Phi) is 6.80. The van der Waals surface area contributed by atoms with Crippen molar-refractivity contribution < 1.29 is 13.2 Å². The lowest BCUT2D eigenvalue weighted by Gasteiger charge is -2.23. The number of nitrogens with one attached hydrogen (secondary N) is 1. The summed E-state index contributed by atoms with van der Waals surface area (Å²) in [6.07, 6.45) is 1.18. The van der Waals surface area contributed by atoms with Crippen LogP contribution in [0.3, 0.4) is 0 Å². The van der Waals surface area contributed by atoms with E-state index in [9.17, 15) is 13.2 Å². The largest absolute Gasteiger partial charge is 0.348 e. The van der Waals surface area contributed by atoms with Crippen LogP contribution < -0.4 is 9.62 Å². The highest BCUT2D eigenvalue weighted by molar-refractivity contribution is 7.92. The third-order valence-electron chi connectivity index (χ3n) is 4.76. The van der Waals surface area contributed by atoms with E-state index < -0.39 is 10.0 Å². The molecule has 3 aromatic carbocycles. The van der Waals surface area contributed by atoms with Gasteiger partial charge in [-0.1, -0.05) is 48.0 Å². The predicted octanol–water partition coefficient (Wildman–Crippen LogP) is 4.54. The summed E-state index contributed by atoms with van der Waals surface area (Å²) in [5.41, 5.74) is 3.84. The fraction of sp³-hybridized carbons (Fsp3) is 0.174. The average Bonchev–Trinajstić information content (AvgIpc) is 2.72. The molecule has 0 atom stereocenters. The van der Waals surface area contributed by atoms with Crippen LogP contribution in [-0.2, 0) is 23.1 Å². The predicted molar refractivity (Wildman–Crippen MR) is 121 cm³/mol. The molecule has 30 heavy (non-hydrogen) atoms. The number of amides is 1. The van der Waals surface area contributed by atoms with E-state index in [1.54, 1.807) is 36.4 Å². The molecule has 0 bridgehead atoms. The molecule has 1 N–H and O–H groups in total. The van der Waals surface area contributed by atoms with Crippen molar-refractivity contribution >= 4 is 33.2 Å². The van der Waals surface area contributed by atoms with Crippen LogP contribution >= 0.6 is 11.6 Å². The molecule has 0 fully saturated rings. The molecule has 0 unspecified atom stereocenters. The lowest BCUT2D eigenvalue weighted by Crippen LogP contribution is -2.29. The summed E-state index contributed by atoms with van der Waals surface area (Å²) in [7, 11) is -3.49. The molecule has 1 amide bonds. The minimum absolute atomic E-state index is 0.230. The SMILES string of the molecule is Cc1ccccc1CN(c1ccc(C(=O)NCc2ccc(Cl)cc2)cc1)S(C)(=O)=O. The van der Waals surface area contributed by atoms with Crippen LogP contribution in [0.2, 0.25) is 5.02 Å². The summed E-state index contributed by atoms with van der Waals surface area (Å²) in [5.74, 6) is -0.235. The summed E-state index contributed by atoms with van der Waals surface area (Å²) < 4.78 is 26.1. The number of benzene rings is 3. The van der Waals surface area contributed by atoms with Gasteiger partial charge < -0.3 is 5.32 Å². The lowest BCUT2D eigenvalue weighted by molar-refractivity contribution is 0.0951. The second kappa shape index (κ2) is 9.32. The van der Waals surface area contributed by atoms with E-state index in [-0.39, 0.29) is 12.5 Å². The van der Waals surface area contributed by atoms with Gasteiger partial charge in [0.05, 0.1) is 18.5 Å². The van der Waals surface area contributed by atoms with Crippen molar-refractivity contribution in [3.63, 3.8) is 0 Å². The maximum Gasteiger partial charge on any atom is 0.251 e. The summed E-state index contributed by atoms with van der Waals surface area (Å²) in [6.45, 7) is 2.55. The molecule has 0 heterocycles. The third-order valence-corrected chi connectivity index (χ3v) is 6.15. The van der Waals surface area contributed by atoms with Gasteiger partial charge >= 0.3 is 0 Å². The summed E-state index contributed by atoms with van der Waals surface area (Å²) >= 11 is 5.87. The van der Waals surface area contributed by atoms with E-state index >= 15 is 0 Å². The van der Waals surface area contributed by atoms with Crippen molar-refractivity contribution in [2.24, 2.45) is 0 Å². The van der Waals surface area contributed by atoms with Crippen molar-refractivity contribution in [3.8, 4) is 0 Å². The first-order valence-electron chi connectivity index (χ1n) is 9.39. The number of rotatable bonds is 7. The number of hydrogen-bond acceptors (Lipinski definition) is 3. The Morgan fingerprint density at radius 3 is 2.20 bits per heavy atom. The van der Waals surface area contributed by atoms with Gasteiger partial charge in [-0.3, -0.25) is 9.10 Å². The Bertz CT molecular complexity index is 1130. The van der Waals surface area contributed by atoms with E-state index in [0.29, 0.717) is 22.8 Å². The van der Waals surface area contributed by atoms with Crippen LogP contribution in [0, 0.1) is 6.92 Å².